The number of halogens is 1. The molecular formula is C14H19ClN2O. The maximum absolute atomic E-state index is 11.8. The molecule has 0 unspecified atom stereocenters. The van der Waals surface area contributed by atoms with Crippen molar-refractivity contribution in [1.82, 2.24) is 10.6 Å². The molecule has 2 amide bonds. The zero-order valence-electron chi connectivity index (χ0n) is 10.8. The normalized spacial score (nSPS) is 16.4. The van der Waals surface area contributed by atoms with Gasteiger partial charge in [0, 0.05) is 11.6 Å². The highest BCUT2D eigenvalue weighted by Crippen LogP contribution is 2.47. The van der Waals surface area contributed by atoms with Crippen LogP contribution >= 0.6 is 11.6 Å². The minimum Gasteiger partial charge on any atom is -0.338 e. The summed E-state index contributed by atoms with van der Waals surface area (Å²) in [6, 6.07) is 7.60. The Morgan fingerprint density at radius 1 is 1.39 bits per heavy atom. The van der Waals surface area contributed by atoms with Gasteiger partial charge in [-0.3, -0.25) is 0 Å². The van der Waals surface area contributed by atoms with E-state index in [2.05, 4.69) is 24.5 Å². The van der Waals surface area contributed by atoms with Crippen molar-refractivity contribution < 1.29 is 4.79 Å². The van der Waals surface area contributed by atoms with Crippen molar-refractivity contribution in [3.8, 4) is 0 Å². The second-order valence-corrected chi connectivity index (χ2v) is 5.70. The molecule has 0 aliphatic heterocycles. The molecule has 4 heteroatoms. The number of hydrogen-bond donors (Lipinski definition) is 2. The lowest BCUT2D eigenvalue weighted by molar-refractivity contribution is 0.234. The molecule has 1 aliphatic rings. The van der Waals surface area contributed by atoms with Gasteiger partial charge in [-0.1, -0.05) is 43.6 Å². The van der Waals surface area contributed by atoms with E-state index in [0.29, 0.717) is 12.5 Å². The number of hydrogen-bond acceptors (Lipinski definition) is 1. The molecule has 1 aromatic rings. The molecule has 2 N–H and O–H groups in total. The van der Waals surface area contributed by atoms with Crippen LogP contribution in [-0.2, 0) is 5.54 Å². The second-order valence-electron chi connectivity index (χ2n) is 5.29. The molecule has 1 saturated carbocycles. The van der Waals surface area contributed by atoms with Crippen LogP contribution in [0.2, 0.25) is 5.02 Å². The molecule has 1 fully saturated rings. The number of nitrogens with one attached hydrogen (secondary N) is 2. The Morgan fingerprint density at radius 2 is 2.06 bits per heavy atom. The number of carbonyl (C=O) groups is 1. The van der Waals surface area contributed by atoms with E-state index in [1.54, 1.807) is 0 Å². The first-order chi connectivity index (χ1) is 8.53. The lowest BCUT2D eigenvalue weighted by atomic mass is 10.1. The third-order valence-electron chi connectivity index (χ3n) is 3.16. The van der Waals surface area contributed by atoms with Gasteiger partial charge in [0.2, 0.25) is 0 Å². The summed E-state index contributed by atoms with van der Waals surface area (Å²) in [7, 11) is 0. The Balaban J connectivity index is 2.01. The molecule has 18 heavy (non-hydrogen) atoms. The summed E-state index contributed by atoms with van der Waals surface area (Å²) in [5.74, 6) is 0.450. The average Bonchev–Trinajstić information content (AvgIpc) is 3.08. The maximum Gasteiger partial charge on any atom is 0.315 e. The Bertz CT molecular complexity index is 441. The van der Waals surface area contributed by atoms with Gasteiger partial charge in [0.05, 0.1) is 5.54 Å². The molecular weight excluding hydrogens is 248 g/mol. The summed E-state index contributed by atoms with van der Waals surface area (Å²) in [6.45, 7) is 4.83. The molecule has 3 nitrogen and oxygen atoms in total. The predicted octanol–water partition coefficient (Wildman–Crippen LogP) is 3.28. The van der Waals surface area contributed by atoms with Crippen molar-refractivity contribution in [3.05, 3.63) is 34.9 Å². The molecule has 1 aliphatic carbocycles. The van der Waals surface area contributed by atoms with Crippen LogP contribution in [0.4, 0.5) is 4.79 Å². The molecule has 1 aromatic carbocycles. The summed E-state index contributed by atoms with van der Waals surface area (Å²) >= 11 is 6.19. The lowest BCUT2D eigenvalue weighted by Gasteiger charge is -2.20. The topological polar surface area (TPSA) is 41.1 Å². The Morgan fingerprint density at radius 3 is 2.61 bits per heavy atom. The summed E-state index contributed by atoms with van der Waals surface area (Å²) in [5, 5.41) is 6.64. The molecule has 0 saturated heterocycles. The van der Waals surface area contributed by atoms with Crippen LogP contribution in [0.1, 0.15) is 32.3 Å². The first kappa shape index (κ1) is 13.2. The van der Waals surface area contributed by atoms with E-state index in [0.717, 1.165) is 23.4 Å². The van der Waals surface area contributed by atoms with Gasteiger partial charge in [-0.25, -0.2) is 4.79 Å². The average molecular weight is 267 g/mol. The monoisotopic (exact) mass is 266 g/mol. The second kappa shape index (κ2) is 5.19. The van der Waals surface area contributed by atoms with Gasteiger partial charge in [-0.2, -0.15) is 0 Å². The SMILES string of the molecule is CC(C)CNC(=O)NC1(c2ccccc2Cl)CC1. The van der Waals surface area contributed by atoms with Crippen LogP contribution in [0, 0.1) is 5.92 Å². The number of rotatable bonds is 4. The molecule has 0 spiro atoms. The lowest BCUT2D eigenvalue weighted by Crippen LogP contribution is -2.43. The van der Waals surface area contributed by atoms with E-state index in [-0.39, 0.29) is 11.6 Å². The van der Waals surface area contributed by atoms with E-state index >= 15 is 0 Å². The standard InChI is InChI=1S/C14H19ClN2O/c1-10(2)9-16-13(18)17-14(7-8-14)11-5-3-4-6-12(11)15/h3-6,10H,7-9H2,1-2H3,(H2,16,17,18). The molecule has 0 heterocycles. The van der Waals surface area contributed by atoms with Gasteiger partial charge in [-0.15, -0.1) is 0 Å². The largest absolute Gasteiger partial charge is 0.338 e. The van der Waals surface area contributed by atoms with Gasteiger partial charge in [0.15, 0.2) is 0 Å². The van der Waals surface area contributed by atoms with Crippen molar-refractivity contribution in [3.63, 3.8) is 0 Å². The van der Waals surface area contributed by atoms with Crippen molar-refractivity contribution in [2.45, 2.75) is 32.2 Å². The molecule has 98 valence electrons. The highest BCUT2D eigenvalue weighted by molar-refractivity contribution is 6.31. The van der Waals surface area contributed by atoms with E-state index in [9.17, 15) is 4.79 Å². The zero-order chi connectivity index (χ0) is 13.2. The van der Waals surface area contributed by atoms with Crippen molar-refractivity contribution in [1.29, 1.82) is 0 Å². The van der Waals surface area contributed by atoms with E-state index < -0.39 is 0 Å². The number of carbonyl (C=O) groups excluding carboxylic acids is 1. The molecule has 0 bridgehead atoms. The van der Waals surface area contributed by atoms with E-state index in [4.69, 9.17) is 11.6 Å². The summed E-state index contributed by atoms with van der Waals surface area (Å²) in [4.78, 5) is 11.8. The Hall–Kier alpha value is -1.22. The van der Waals surface area contributed by atoms with Crippen LogP contribution < -0.4 is 10.6 Å². The van der Waals surface area contributed by atoms with Gasteiger partial charge >= 0.3 is 6.03 Å². The highest BCUT2D eigenvalue weighted by Gasteiger charge is 2.46. The van der Waals surface area contributed by atoms with Crippen molar-refractivity contribution in [2.24, 2.45) is 5.92 Å². The highest BCUT2D eigenvalue weighted by atomic mass is 35.5. The first-order valence-electron chi connectivity index (χ1n) is 6.34. The van der Waals surface area contributed by atoms with Crippen LogP contribution in [0.25, 0.3) is 0 Å². The van der Waals surface area contributed by atoms with Gasteiger partial charge in [-0.05, 0) is 30.4 Å². The number of amides is 2. The third kappa shape index (κ3) is 2.96. The zero-order valence-corrected chi connectivity index (χ0v) is 11.6. The van der Waals surface area contributed by atoms with Gasteiger partial charge in [0.25, 0.3) is 0 Å². The van der Waals surface area contributed by atoms with Crippen LogP contribution in [0.5, 0.6) is 0 Å². The molecule has 0 aromatic heterocycles. The number of urea groups is 1. The Labute approximate surface area is 113 Å². The van der Waals surface area contributed by atoms with Gasteiger partial charge in [0.1, 0.15) is 0 Å². The van der Waals surface area contributed by atoms with Gasteiger partial charge < -0.3 is 10.6 Å². The summed E-state index contributed by atoms with van der Waals surface area (Å²) in [5.41, 5.74) is 0.769. The summed E-state index contributed by atoms with van der Waals surface area (Å²) < 4.78 is 0. The number of benzene rings is 1. The van der Waals surface area contributed by atoms with Crippen molar-refractivity contribution in [2.75, 3.05) is 6.54 Å². The summed E-state index contributed by atoms with van der Waals surface area (Å²) in [6.07, 6.45) is 1.90. The fourth-order valence-corrected chi connectivity index (χ4v) is 2.31. The quantitative estimate of drug-likeness (QED) is 0.863. The minimum atomic E-state index is -0.251. The molecule has 0 atom stereocenters. The fraction of sp³-hybridized carbons (Fsp3) is 0.500. The fourth-order valence-electron chi connectivity index (χ4n) is 1.99. The first-order valence-corrected chi connectivity index (χ1v) is 6.72. The Kier molecular flexibility index (Phi) is 3.81. The predicted molar refractivity (Wildman–Crippen MR) is 73.7 cm³/mol. The minimum absolute atomic E-state index is 0.110. The van der Waals surface area contributed by atoms with E-state index in [1.165, 1.54) is 0 Å². The third-order valence-corrected chi connectivity index (χ3v) is 3.49. The molecule has 2 rings (SSSR count). The van der Waals surface area contributed by atoms with E-state index in [1.807, 2.05) is 24.3 Å². The van der Waals surface area contributed by atoms with Crippen LogP contribution in [0.15, 0.2) is 24.3 Å². The smallest absolute Gasteiger partial charge is 0.315 e. The van der Waals surface area contributed by atoms with Crippen LogP contribution in [0.3, 0.4) is 0 Å². The van der Waals surface area contributed by atoms with Crippen molar-refractivity contribution >= 4 is 17.6 Å². The van der Waals surface area contributed by atoms with Crippen LogP contribution in [-0.4, -0.2) is 12.6 Å². The molecule has 0 radical (unpaired) electrons. The maximum atomic E-state index is 11.8.